The van der Waals surface area contributed by atoms with E-state index in [1.165, 1.54) is 17.0 Å². The molecule has 0 atom stereocenters. The second-order valence-electron chi connectivity index (χ2n) is 8.38. The number of hydrogen-bond donors (Lipinski definition) is 0. The normalized spacial score (nSPS) is 15.6. The summed E-state index contributed by atoms with van der Waals surface area (Å²) in [7, 11) is 3.73. The standard InChI is InChI=1S/C25H21F3N4O2S/c1-30(2)9-10-32-23(33)22(35-24(32)34)13-16-4-6-21-18(11-16)7-8-31(21)15-19-5-3-17(14-29)12-20(19)25(26,27)28/h3-8,11-13H,9-10,15H2,1-2H3. The first kappa shape index (κ1) is 24.6. The van der Waals surface area contributed by atoms with Gasteiger partial charge in [-0.25, -0.2) is 0 Å². The third-order valence-corrected chi connectivity index (χ3v) is 6.53. The van der Waals surface area contributed by atoms with Crippen molar-refractivity contribution in [3.8, 4) is 6.07 Å². The highest BCUT2D eigenvalue weighted by atomic mass is 32.2. The number of carbonyl (C=O) groups excluding carboxylic acids is 2. The molecule has 2 heterocycles. The van der Waals surface area contributed by atoms with E-state index >= 15 is 0 Å². The quantitative estimate of drug-likeness (QED) is 0.438. The van der Waals surface area contributed by atoms with Crippen LogP contribution in [0.3, 0.4) is 0 Å². The molecule has 0 bridgehead atoms. The van der Waals surface area contributed by atoms with Gasteiger partial charge in [0.05, 0.1) is 22.1 Å². The van der Waals surface area contributed by atoms with E-state index in [1.807, 2.05) is 25.1 Å². The second-order valence-corrected chi connectivity index (χ2v) is 9.37. The van der Waals surface area contributed by atoms with Crippen LogP contribution in [-0.2, 0) is 17.5 Å². The molecule has 0 radical (unpaired) electrons. The Morgan fingerprint density at radius 1 is 1.11 bits per heavy atom. The summed E-state index contributed by atoms with van der Waals surface area (Å²) in [4.78, 5) is 28.3. The Balaban J connectivity index is 1.59. The number of nitrogens with zero attached hydrogens (tertiary/aromatic N) is 4. The van der Waals surface area contributed by atoms with Crippen LogP contribution in [0.15, 0.2) is 53.6 Å². The zero-order valence-electron chi connectivity index (χ0n) is 19.0. The Hall–Kier alpha value is -3.55. The molecule has 180 valence electrons. The number of benzene rings is 2. The summed E-state index contributed by atoms with van der Waals surface area (Å²) in [5, 5.41) is 9.44. The van der Waals surface area contributed by atoms with Crippen LogP contribution in [0, 0.1) is 11.3 Å². The third kappa shape index (κ3) is 5.26. The Labute approximate surface area is 204 Å². The number of hydrogen-bond acceptors (Lipinski definition) is 5. The lowest BCUT2D eigenvalue weighted by molar-refractivity contribution is -0.138. The number of amides is 2. The summed E-state index contributed by atoms with van der Waals surface area (Å²) < 4.78 is 42.3. The topological polar surface area (TPSA) is 69.3 Å². The molecule has 1 aliphatic rings. The zero-order chi connectivity index (χ0) is 25.3. The number of thioether (sulfide) groups is 1. The first-order valence-electron chi connectivity index (χ1n) is 10.7. The molecule has 6 nitrogen and oxygen atoms in total. The second kappa shape index (κ2) is 9.60. The molecule has 0 aliphatic carbocycles. The van der Waals surface area contributed by atoms with Crippen molar-refractivity contribution in [3.05, 3.63) is 75.8 Å². The smallest absolute Gasteiger partial charge is 0.343 e. The summed E-state index contributed by atoms with van der Waals surface area (Å²) in [5.41, 5.74) is 0.611. The van der Waals surface area contributed by atoms with Gasteiger partial charge >= 0.3 is 6.18 Å². The predicted octanol–water partition coefficient (Wildman–Crippen LogP) is 5.18. The van der Waals surface area contributed by atoms with Crippen LogP contribution in [0.5, 0.6) is 0 Å². The third-order valence-electron chi connectivity index (χ3n) is 5.62. The van der Waals surface area contributed by atoms with Crippen molar-refractivity contribution in [2.24, 2.45) is 0 Å². The Kier molecular flexibility index (Phi) is 6.74. The Morgan fingerprint density at radius 2 is 1.89 bits per heavy atom. The monoisotopic (exact) mass is 498 g/mol. The van der Waals surface area contributed by atoms with Gasteiger partial charge < -0.3 is 9.47 Å². The van der Waals surface area contributed by atoms with E-state index in [9.17, 15) is 22.8 Å². The summed E-state index contributed by atoms with van der Waals surface area (Å²) in [6, 6.07) is 12.5. The van der Waals surface area contributed by atoms with Gasteiger partial charge in [-0.3, -0.25) is 14.5 Å². The number of imide groups is 1. The highest BCUT2D eigenvalue weighted by molar-refractivity contribution is 8.18. The molecule has 1 aliphatic heterocycles. The fraction of sp³-hybridized carbons (Fsp3) is 0.240. The molecule has 1 aromatic heterocycles. The molecule has 4 rings (SSSR count). The number of likely N-dealkylation sites (N-methyl/N-ethyl adjacent to an activating group) is 1. The lowest BCUT2D eigenvalue weighted by Gasteiger charge is -2.15. The minimum atomic E-state index is -4.58. The molecular formula is C25H21F3N4O2S. The zero-order valence-corrected chi connectivity index (χ0v) is 19.8. The van der Waals surface area contributed by atoms with E-state index in [4.69, 9.17) is 5.26 Å². The van der Waals surface area contributed by atoms with Crippen molar-refractivity contribution in [2.45, 2.75) is 12.7 Å². The molecule has 10 heteroatoms. The van der Waals surface area contributed by atoms with E-state index in [-0.39, 0.29) is 28.8 Å². The van der Waals surface area contributed by atoms with Crippen LogP contribution in [0.25, 0.3) is 17.0 Å². The van der Waals surface area contributed by atoms with Gasteiger partial charge in [0.2, 0.25) is 0 Å². The molecule has 3 aromatic rings. The van der Waals surface area contributed by atoms with E-state index in [0.29, 0.717) is 23.6 Å². The van der Waals surface area contributed by atoms with Gasteiger partial charge in [-0.15, -0.1) is 0 Å². The summed E-state index contributed by atoms with van der Waals surface area (Å²) in [5.74, 6) is -0.333. The summed E-state index contributed by atoms with van der Waals surface area (Å²) >= 11 is 0.893. The highest BCUT2D eigenvalue weighted by Gasteiger charge is 2.35. The van der Waals surface area contributed by atoms with Gasteiger partial charge in [0.25, 0.3) is 11.1 Å². The molecular weight excluding hydrogens is 477 g/mol. The number of nitriles is 1. The molecule has 1 saturated heterocycles. The minimum Gasteiger partial charge on any atom is -0.343 e. The average molecular weight is 499 g/mol. The van der Waals surface area contributed by atoms with E-state index in [1.54, 1.807) is 41.1 Å². The van der Waals surface area contributed by atoms with Crippen LogP contribution in [0.4, 0.5) is 18.0 Å². The SMILES string of the molecule is CN(C)CCN1C(=O)SC(=Cc2ccc3c(ccn3Cc3ccc(C#N)cc3C(F)(F)F)c2)C1=O. The lowest BCUT2D eigenvalue weighted by atomic mass is 10.0. The molecule has 0 N–H and O–H groups in total. The van der Waals surface area contributed by atoms with E-state index < -0.39 is 11.7 Å². The van der Waals surface area contributed by atoms with Gasteiger partial charge in [-0.05, 0) is 73.4 Å². The van der Waals surface area contributed by atoms with Gasteiger partial charge in [-0.1, -0.05) is 12.1 Å². The van der Waals surface area contributed by atoms with Crippen molar-refractivity contribution in [2.75, 3.05) is 27.2 Å². The average Bonchev–Trinajstić information content (AvgIpc) is 3.31. The number of alkyl halides is 3. The molecule has 0 saturated carbocycles. The molecule has 2 aromatic carbocycles. The van der Waals surface area contributed by atoms with E-state index in [2.05, 4.69) is 0 Å². The van der Waals surface area contributed by atoms with Gasteiger partial charge in [0, 0.05) is 36.7 Å². The fourth-order valence-corrected chi connectivity index (χ4v) is 4.69. The molecule has 35 heavy (non-hydrogen) atoms. The van der Waals surface area contributed by atoms with Crippen LogP contribution in [0.1, 0.15) is 22.3 Å². The van der Waals surface area contributed by atoms with Crippen molar-refractivity contribution in [1.82, 2.24) is 14.4 Å². The largest absolute Gasteiger partial charge is 0.416 e. The van der Waals surface area contributed by atoms with Gasteiger partial charge in [0.15, 0.2) is 0 Å². The van der Waals surface area contributed by atoms with Crippen LogP contribution in [0.2, 0.25) is 0 Å². The number of rotatable bonds is 6. The van der Waals surface area contributed by atoms with Gasteiger partial charge in [0.1, 0.15) is 0 Å². The first-order valence-corrected chi connectivity index (χ1v) is 11.5. The first-order chi connectivity index (χ1) is 16.6. The van der Waals surface area contributed by atoms with Crippen molar-refractivity contribution < 1.29 is 22.8 Å². The predicted molar refractivity (Wildman–Crippen MR) is 128 cm³/mol. The van der Waals surface area contributed by atoms with Crippen LogP contribution in [-0.4, -0.2) is 52.7 Å². The number of fused-ring (bicyclic) bond motifs is 1. The number of carbonyl (C=O) groups is 2. The Bertz CT molecular complexity index is 1390. The summed E-state index contributed by atoms with van der Waals surface area (Å²) in [6.07, 6.45) is -1.23. The maximum atomic E-state index is 13.5. The van der Waals surface area contributed by atoms with Crippen LogP contribution < -0.4 is 0 Å². The van der Waals surface area contributed by atoms with Crippen molar-refractivity contribution >= 4 is 39.9 Å². The van der Waals surface area contributed by atoms with Crippen molar-refractivity contribution in [1.29, 1.82) is 5.26 Å². The number of halogens is 3. The molecule has 0 unspecified atom stereocenters. The highest BCUT2D eigenvalue weighted by Crippen LogP contribution is 2.35. The fourth-order valence-electron chi connectivity index (χ4n) is 3.82. The molecule has 1 fully saturated rings. The minimum absolute atomic E-state index is 0.0197. The number of aromatic nitrogens is 1. The summed E-state index contributed by atoms with van der Waals surface area (Å²) in [6.45, 7) is 0.862. The molecule has 0 spiro atoms. The maximum absolute atomic E-state index is 13.5. The van der Waals surface area contributed by atoms with Crippen molar-refractivity contribution in [3.63, 3.8) is 0 Å². The molecule has 2 amide bonds. The maximum Gasteiger partial charge on any atom is 0.416 e. The van der Waals surface area contributed by atoms with E-state index in [0.717, 1.165) is 28.7 Å². The Morgan fingerprint density at radius 3 is 2.57 bits per heavy atom. The van der Waals surface area contributed by atoms with Gasteiger partial charge in [-0.2, -0.15) is 18.4 Å². The van der Waals surface area contributed by atoms with Crippen LogP contribution >= 0.6 is 11.8 Å². The lowest BCUT2D eigenvalue weighted by Crippen LogP contribution is -2.34.